The molecule has 1 heterocycles. The number of anilines is 1. The van der Waals surface area contributed by atoms with Crippen molar-refractivity contribution in [1.82, 2.24) is 9.91 Å². The van der Waals surface area contributed by atoms with Crippen molar-refractivity contribution >= 4 is 11.6 Å². The maximum atomic E-state index is 13.7. The molecule has 0 N–H and O–H groups in total. The first-order valence-corrected chi connectivity index (χ1v) is 10.5. The number of amides is 1. The molecule has 5 heteroatoms. The first-order valence-electron chi connectivity index (χ1n) is 10.5. The summed E-state index contributed by atoms with van der Waals surface area (Å²) in [6.07, 6.45) is 8.95. The van der Waals surface area contributed by atoms with Crippen molar-refractivity contribution in [1.29, 1.82) is 0 Å². The predicted octanol–water partition coefficient (Wildman–Crippen LogP) is 4.92. The minimum Gasteiger partial charge on any atom is -0.339 e. The van der Waals surface area contributed by atoms with E-state index in [2.05, 4.69) is 17.7 Å². The molecule has 0 radical (unpaired) electrons. The Hall–Kier alpha value is -2.56. The van der Waals surface area contributed by atoms with Gasteiger partial charge in [-0.1, -0.05) is 12.6 Å². The van der Waals surface area contributed by atoms with Gasteiger partial charge in [0.1, 0.15) is 5.82 Å². The van der Waals surface area contributed by atoms with Crippen molar-refractivity contribution in [2.45, 2.75) is 39.0 Å². The Morgan fingerprint density at radius 3 is 2.59 bits per heavy atom. The maximum Gasteiger partial charge on any atom is 0.246 e. The van der Waals surface area contributed by atoms with Gasteiger partial charge >= 0.3 is 0 Å². The molecule has 4 nitrogen and oxygen atoms in total. The van der Waals surface area contributed by atoms with Crippen LogP contribution in [0.4, 0.5) is 10.1 Å². The van der Waals surface area contributed by atoms with E-state index in [0.717, 1.165) is 67.7 Å². The van der Waals surface area contributed by atoms with Gasteiger partial charge in [-0.15, -0.1) is 0 Å². The average molecular weight is 398 g/mol. The molecular formula is C24H32FN3O. The number of benzene rings is 1. The minimum absolute atomic E-state index is 0.0950. The largest absolute Gasteiger partial charge is 0.339 e. The van der Waals surface area contributed by atoms with Gasteiger partial charge in [-0.2, -0.15) is 0 Å². The number of halogens is 1. The molecule has 0 atom stereocenters. The van der Waals surface area contributed by atoms with Gasteiger partial charge in [0.25, 0.3) is 0 Å². The van der Waals surface area contributed by atoms with Crippen molar-refractivity contribution in [2.24, 2.45) is 5.92 Å². The van der Waals surface area contributed by atoms with E-state index in [-0.39, 0.29) is 11.7 Å². The van der Waals surface area contributed by atoms with Crippen LogP contribution in [0.2, 0.25) is 0 Å². The lowest BCUT2D eigenvalue weighted by atomic mass is 10.00. The Morgan fingerprint density at radius 2 is 1.93 bits per heavy atom. The Morgan fingerprint density at radius 1 is 1.17 bits per heavy atom. The predicted molar refractivity (Wildman–Crippen MR) is 117 cm³/mol. The van der Waals surface area contributed by atoms with Gasteiger partial charge in [0, 0.05) is 39.0 Å². The van der Waals surface area contributed by atoms with E-state index in [1.165, 1.54) is 12.1 Å². The fraction of sp³-hybridized carbons (Fsp3) is 0.458. The molecule has 0 aromatic heterocycles. The number of carbonyl (C=O) groups is 1. The Labute approximate surface area is 173 Å². The molecule has 1 saturated carbocycles. The fourth-order valence-corrected chi connectivity index (χ4v) is 3.78. The number of hydrazine groups is 1. The summed E-state index contributed by atoms with van der Waals surface area (Å²) in [5, 5.41) is 4.01. The van der Waals surface area contributed by atoms with E-state index in [1.807, 2.05) is 37.0 Å². The number of hydrogen-bond donors (Lipinski definition) is 0. The molecule has 2 aliphatic rings. The summed E-state index contributed by atoms with van der Waals surface area (Å²) in [5.74, 6) is 0.285. The van der Waals surface area contributed by atoms with E-state index < -0.39 is 0 Å². The highest BCUT2D eigenvalue weighted by Gasteiger charge is 2.29. The standard InChI is InChI=1S/C24H32FN3O/c1-5-28-14-7-6-10-21(15-18(2)23(17-24(28)29)19-12-13-19)26(3)27(4)22-11-8-9-20(25)16-22/h8-9,11,15-17,19H,2,5-7,10,12-14H2,1,3-4H3/b21-15+,23-17+. The van der Waals surface area contributed by atoms with E-state index in [4.69, 9.17) is 0 Å². The number of carbonyl (C=O) groups excluding carboxylic acids is 1. The second-order valence-electron chi connectivity index (χ2n) is 7.94. The molecule has 1 aromatic carbocycles. The number of rotatable bonds is 5. The van der Waals surface area contributed by atoms with Gasteiger partial charge in [0.05, 0.1) is 5.69 Å². The topological polar surface area (TPSA) is 26.8 Å². The summed E-state index contributed by atoms with van der Waals surface area (Å²) in [7, 11) is 3.93. The molecule has 1 aliphatic heterocycles. The monoisotopic (exact) mass is 397 g/mol. The van der Waals surface area contributed by atoms with E-state index >= 15 is 0 Å². The normalized spacial score (nSPS) is 22.3. The van der Waals surface area contributed by atoms with Crippen LogP contribution in [-0.2, 0) is 4.79 Å². The van der Waals surface area contributed by atoms with Crippen LogP contribution in [0, 0.1) is 11.7 Å². The van der Waals surface area contributed by atoms with Crippen LogP contribution in [0.1, 0.15) is 39.0 Å². The van der Waals surface area contributed by atoms with Crippen LogP contribution in [0.25, 0.3) is 0 Å². The third kappa shape index (κ3) is 5.28. The molecule has 29 heavy (non-hydrogen) atoms. The first kappa shape index (κ1) is 21.2. The lowest BCUT2D eigenvalue weighted by molar-refractivity contribution is -0.126. The van der Waals surface area contributed by atoms with Crippen molar-refractivity contribution in [3.63, 3.8) is 0 Å². The highest BCUT2D eigenvalue weighted by Crippen LogP contribution is 2.40. The third-order valence-corrected chi connectivity index (χ3v) is 5.86. The number of nitrogens with zero attached hydrogens (tertiary/aromatic N) is 3. The number of hydrogen-bond acceptors (Lipinski definition) is 3. The molecule has 1 aromatic rings. The number of likely N-dealkylation sites (N-methyl/N-ethyl adjacent to an activating group) is 1. The first-order chi connectivity index (χ1) is 13.9. The van der Waals surface area contributed by atoms with Crippen LogP contribution in [-0.4, -0.2) is 43.0 Å². The van der Waals surface area contributed by atoms with Crippen LogP contribution < -0.4 is 5.01 Å². The average Bonchev–Trinajstić information content (AvgIpc) is 3.54. The van der Waals surface area contributed by atoms with Gasteiger partial charge in [-0.05, 0) is 80.4 Å². The van der Waals surface area contributed by atoms with Crippen molar-refractivity contribution in [3.8, 4) is 0 Å². The minimum atomic E-state index is -0.249. The zero-order valence-corrected chi connectivity index (χ0v) is 17.8. The lowest BCUT2D eigenvalue weighted by Gasteiger charge is -2.34. The summed E-state index contributed by atoms with van der Waals surface area (Å²) >= 11 is 0. The van der Waals surface area contributed by atoms with Crippen molar-refractivity contribution < 1.29 is 9.18 Å². The van der Waals surface area contributed by atoms with Crippen LogP contribution >= 0.6 is 0 Å². The smallest absolute Gasteiger partial charge is 0.246 e. The highest BCUT2D eigenvalue weighted by molar-refractivity contribution is 5.89. The van der Waals surface area contributed by atoms with Gasteiger partial charge in [0.15, 0.2) is 0 Å². The fourth-order valence-electron chi connectivity index (χ4n) is 3.78. The van der Waals surface area contributed by atoms with Crippen LogP contribution in [0.5, 0.6) is 0 Å². The lowest BCUT2D eigenvalue weighted by Crippen LogP contribution is -2.36. The molecule has 1 fully saturated rings. The Balaban J connectivity index is 1.89. The summed E-state index contributed by atoms with van der Waals surface area (Å²) in [4.78, 5) is 14.7. The highest BCUT2D eigenvalue weighted by atomic mass is 19.1. The molecule has 1 amide bonds. The quantitative estimate of drug-likeness (QED) is 0.660. The van der Waals surface area contributed by atoms with Crippen molar-refractivity contribution in [3.05, 3.63) is 65.7 Å². The van der Waals surface area contributed by atoms with E-state index in [9.17, 15) is 9.18 Å². The molecule has 156 valence electrons. The second kappa shape index (κ2) is 9.29. The summed E-state index contributed by atoms with van der Waals surface area (Å²) in [6.45, 7) is 7.83. The van der Waals surface area contributed by atoms with Gasteiger partial charge in [-0.3, -0.25) is 14.8 Å². The SMILES string of the molecule is C=C1/C=C(/N(C)N(C)c2cccc(F)c2)CCCCN(CC)C(=O)/C=C\1C1CC1. The zero-order chi connectivity index (χ0) is 21.0. The van der Waals surface area contributed by atoms with Crippen molar-refractivity contribution in [2.75, 3.05) is 32.2 Å². The molecular weight excluding hydrogens is 365 g/mol. The summed E-state index contributed by atoms with van der Waals surface area (Å²) in [5.41, 5.74) is 3.88. The molecule has 0 spiro atoms. The molecule has 0 unspecified atom stereocenters. The van der Waals surface area contributed by atoms with E-state index in [1.54, 1.807) is 12.1 Å². The third-order valence-electron chi connectivity index (χ3n) is 5.86. The number of allylic oxidation sites excluding steroid dienone is 4. The Bertz CT molecular complexity index is 825. The molecule has 3 rings (SSSR count). The molecule has 0 bridgehead atoms. The molecule has 0 saturated heterocycles. The Kier molecular flexibility index (Phi) is 6.78. The zero-order valence-electron chi connectivity index (χ0n) is 17.8. The molecule has 1 aliphatic carbocycles. The van der Waals surface area contributed by atoms with Gasteiger partial charge in [0.2, 0.25) is 5.91 Å². The van der Waals surface area contributed by atoms with Crippen LogP contribution in [0.3, 0.4) is 0 Å². The summed E-state index contributed by atoms with van der Waals surface area (Å²) < 4.78 is 13.7. The van der Waals surface area contributed by atoms with Gasteiger partial charge < -0.3 is 4.90 Å². The second-order valence-corrected chi connectivity index (χ2v) is 7.94. The van der Waals surface area contributed by atoms with Crippen LogP contribution in [0.15, 0.2) is 59.8 Å². The summed E-state index contributed by atoms with van der Waals surface area (Å²) in [6, 6.07) is 6.60. The van der Waals surface area contributed by atoms with Gasteiger partial charge in [-0.25, -0.2) is 4.39 Å². The van der Waals surface area contributed by atoms with E-state index in [0.29, 0.717) is 5.92 Å². The maximum absolute atomic E-state index is 13.7.